The Morgan fingerprint density at radius 2 is 2.00 bits per heavy atom. The third-order valence-corrected chi connectivity index (χ3v) is 4.52. The van der Waals surface area contributed by atoms with Gasteiger partial charge in [-0.25, -0.2) is 4.98 Å². The van der Waals surface area contributed by atoms with E-state index in [2.05, 4.69) is 30.1 Å². The first kappa shape index (κ1) is 15.4. The first-order valence-corrected chi connectivity index (χ1v) is 8.12. The highest BCUT2D eigenvalue weighted by Crippen LogP contribution is 2.25. The van der Waals surface area contributed by atoms with Gasteiger partial charge < -0.3 is 5.73 Å². The molecule has 0 saturated carbocycles. The molecule has 0 aliphatic carbocycles. The minimum Gasteiger partial charge on any atom is -0.327 e. The molecule has 1 aromatic heterocycles. The molecule has 2 aromatic rings. The van der Waals surface area contributed by atoms with Gasteiger partial charge in [-0.05, 0) is 42.2 Å². The smallest absolute Gasteiger partial charge is 0.0995 e. The van der Waals surface area contributed by atoms with Gasteiger partial charge in [0, 0.05) is 23.0 Å². The quantitative estimate of drug-likeness (QED) is 0.808. The van der Waals surface area contributed by atoms with Crippen molar-refractivity contribution in [3.63, 3.8) is 0 Å². The van der Waals surface area contributed by atoms with Gasteiger partial charge in [0.2, 0.25) is 0 Å². The van der Waals surface area contributed by atoms with Crippen molar-refractivity contribution >= 4 is 23.4 Å². The zero-order valence-corrected chi connectivity index (χ0v) is 13.1. The summed E-state index contributed by atoms with van der Waals surface area (Å²) in [5, 5.41) is 1.84. The predicted octanol–water partition coefficient (Wildman–Crippen LogP) is 4.31. The highest BCUT2D eigenvalue weighted by atomic mass is 35.5. The number of hydrogen-bond donors (Lipinski definition) is 1. The molecule has 2 N–H and O–H groups in total. The van der Waals surface area contributed by atoms with Gasteiger partial charge in [0.1, 0.15) is 0 Å². The summed E-state index contributed by atoms with van der Waals surface area (Å²) in [5.74, 6) is 0.891. The summed E-state index contributed by atoms with van der Waals surface area (Å²) >= 11 is 7.64. The zero-order valence-electron chi connectivity index (χ0n) is 11.6. The number of rotatable bonds is 6. The first-order chi connectivity index (χ1) is 9.69. The van der Waals surface area contributed by atoms with Crippen LogP contribution < -0.4 is 5.73 Å². The van der Waals surface area contributed by atoms with E-state index >= 15 is 0 Å². The molecule has 0 aliphatic heterocycles. The molecule has 0 fully saturated rings. The summed E-state index contributed by atoms with van der Waals surface area (Å²) in [5.41, 5.74) is 8.53. The summed E-state index contributed by atoms with van der Waals surface area (Å²) in [4.78, 5) is 4.48. The topological polar surface area (TPSA) is 38.9 Å². The Labute approximate surface area is 129 Å². The molecular formula is C16H19ClN2S. The Morgan fingerprint density at radius 3 is 2.70 bits per heavy atom. The van der Waals surface area contributed by atoms with Crippen LogP contribution in [0.3, 0.4) is 0 Å². The Bertz CT molecular complexity index is 542. The minimum absolute atomic E-state index is 0.203. The van der Waals surface area contributed by atoms with Gasteiger partial charge in [0.25, 0.3) is 0 Å². The van der Waals surface area contributed by atoms with Crippen molar-refractivity contribution in [1.82, 2.24) is 4.98 Å². The molecule has 1 aromatic carbocycles. The lowest BCUT2D eigenvalue weighted by atomic mass is 10.1. The number of pyridine rings is 1. The normalized spacial score (nSPS) is 12.3. The number of thioether (sulfide) groups is 1. The molecule has 0 radical (unpaired) electrons. The highest BCUT2D eigenvalue weighted by molar-refractivity contribution is 7.98. The largest absolute Gasteiger partial charge is 0.327 e. The molecular weight excluding hydrogens is 288 g/mol. The summed E-state index contributed by atoms with van der Waals surface area (Å²) in [6.07, 6.45) is 3.70. The third-order valence-electron chi connectivity index (χ3n) is 3.15. The summed E-state index contributed by atoms with van der Waals surface area (Å²) in [7, 11) is 0. The molecule has 0 bridgehead atoms. The van der Waals surface area contributed by atoms with Crippen molar-refractivity contribution in [2.24, 2.45) is 5.73 Å². The Kier molecular flexibility index (Phi) is 5.89. The number of hydrogen-bond acceptors (Lipinski definition) is 3. The fraction of sp³-hybridized carbons (Fsp3) is 0.312. The van der Waals surface area contributed by atoms with Crippen LogP contribution in [0.1, 0.15) is 24.5 Å². The van der Waals surface area contributed by atoms with E-state index in [1.165, 1.54) is 11.1 Å². The second-order valence-electron chi connectivity index (χ2n) is 4.76. The van der Waals surface area contributed by atoms with E-state index in [1.54, 1.807) is 11.8 Å². The molecule has 0 aliphatic rings. The van der Waals surface area contributed by atoms with Crippen LogP contribution in [0.25, 0.3) is 0 Å². The van der Waals surface area contributed by atoms with Crippen molar-refractivity contribution in [2.45, 2.75) is 36.6 Å². The van der Waals surface area contributed by atoms with Crippen LogP contribution in [0.2, 0.25) is 5.02 Å². The molecule has 4 heteroatoms. The van der Waals surface area contributed by atoms with Crippen molar-refractivity contribution < 1.29 is 0 Å². The molecule has 0 spiro atoms. The lowest BCUT2D eigenvalue weighted by molar-refractivity contribution is 0.637. The second-order valence-corrected chi connectivity index (χ2v) is 6.16. The van der Waals surface area contributed by atoms with Crippen LogP contribution in [0, 0.1) is 0 Å². The van der Waals surface area contributed by atoms with Gasteiger partial charge in [-0.3, -0.25) is 0 Å². The number of nitrogens with two attached hydrogens (primary N) is 1. The summed E-state index contributed by atoms with van der Waals surface area (Å²) < 4.78 is 0. The Hall–Kier alpha value is -1.03. The molecule has 0 saturated heterocycles. The van der Waals surface area contributed by atoms with E-state index in [-0.39, 0.29) is 6.04 Å². The molecule has 1 heterocycles. The molecule has 2 nitrogen and oxygen atoms in total. The van der Waals surface area contributed by atoms with Crippen LogP contribution in [-0.2, 0) is 12.2 Å². The fourth-order valence-corrected chi connectivity index (χ4v) is 2.96. The average molecular weight is 307 g/mol. The maximum atomic E-state index is 6.05. The van der Waals surface area contributed by atoms with Gasteiger partial charge in [-0.15, -0.1) is 11.8 Å². The molecule has 1 atom stereocenters. The van der Waals surface area contributed by atoms with Gasteiger partial charge >= 0.3 is 0 Å². The van der Waals surface area contributed by atoms with E-state index in [4.69, 9.17) is 17.3 Å². The van der Waals surface area contributed by atoms with Crippen molar-refractivity contribution in [3.05, 3.63) is 58.7 Å². The maximum Gasteiger partial charge on any atom is 0.0995 e. The molecule has 1 unspecified atom stereocenters. The third kappa shape index (κ3) is 4.51. The number of nitrogens with zero attached hydrogens (tertiary/aromatic N) is 1. The zero-order chi connectivity index (χ0) is 14.4. The lowest BCUT2D eigenvalue weighted by Gasteiger charge is -2.12. The SMILES string of the molecule is CCC(N)Cc1cccnc1SCc1ccc(Cl)cc1. The van der Waals surface area contributed by atoms with Gasteiger partial charge in [0.05, 0.1) is 5.03 Å². The van der Waals surface area contributed by atoms with Gasteiger partial charge in [0.15, 0.2) is 0 Å². The van der Waals surface area contributed by atoms with E-state index in [9.17, 15) is 0 Å². The minimum atomic E-state index is 0.203. The predicted molar refractivity (Wildman–Crippen MR) is 87.2 cm³/mol. The summed E-state index contributed by atoms with van der Waals surface area (Å²) in [6.45, 7) is 2.11. The van der Waals surface area contributed by atoms with Crippen LogP contribution in [-0.4, -0.2) is 11.0 Å². The summed E-state index contributed by atoms with van der Waals surface area (Å²) in [6, 6.07) is 12.2. The van der Waals surface area contributed by atoms with E-state index in [0.29, 0.717) is 0 Å². The van der Waals surface area contributed by atoms with Crippen LogP contribution in [0.4, 0.5) is 0 Å². The standard InChI is InChI=1S/C16H19ClN2S/c1-2-15(18)10-13-4-3-9-19-16(13)20-11-12-5-7-14(17)8-6-12/h3-9,15H,2,10-11,18H2,1H3. The molecule has 2 rings (SSSR count). The molecule has 106 valence electrons. The Morgan fingerprint density at radius 1 is 1.25 bits per heavy atom. The van der Waals surface area contributed by atoms with E-state index < -0.39 is 0 Å². The highest BCUT2D eigenvalue weighted by Gasteiger charge is 2.08. The fourth-order valence-electron chi connectivity index (χ4n) is 1.87. The van der Waals surface area contributed by atoms with E-state index in [0.717, 1.165) is 28.6 Å². The van der Waals surface area contributed by atoms with E-state index in [1.807, 2.05) is 24.4 Å². The second kappa shape index (κ2) is 7.67. The first-order valence-electron chi connectivity index (χ1n) is 6.75. The van der Waals surface area contributed by atoms with Crippen molar-refractivity contribution in [3.8, 4) is 0 Å². The van der Waals surface area contributed by atoms with Crippen molar-refractivity contribution in [1.29, 1.82) is 0 Å². The van der Waals surface area contributed by atoms with Crippen LogP contribution in [0.15, 0.2) is 47.6 Å². The Balaban J connectivity index is 2.03. The number of benzene rings is 1. The maximum absolute atomic E-state index is 6.05. The molecule has 20 heavy (non-hydrogen) atoms. The van der Waals surface area contributed by atoms with Crippen LogP contribution in [0.5, 0.6) is 0 Å². The monoisotopic (exact) mass is 306 g/mol. The van der Waals surface area contributed by atoms with Crippen molar-refractivity contribution in [2.75, 3.05) is 0 Å². The lowest BCUT2D eigenvalue weighted by Crippen LogP contribution is -2.21. The number of aromatic nitrogens is 1. The average Bonchev–Trinajstić information content (AvgIpc) is 2.48. The van der Waals surface area contributed by atoms with Crippen LogP contribution >= 0.6 is 23.4 Å². The van der Waals surface area contributed by atoms with Gasteiger partial charge in [-0.2, -0.15) is 0 Å². The number of halogens is 1. The molecule has 0 amide bonds. The van der Waals surface area contributed by atoms with Gasteiger partial charge in [-0.1, -0.05) is 36.7 Å².